The Morgan fingerprint density at radius 1 is 1.09 bits per heavy atom. The summed E-state index contributed by atoms with van der Waals surface area (Å²) in [4.78, 5) is 14.4. The minimum Gasteiger partial charge on any atom is -0.467 e. The van der Waals surface area contributed by atoms with Gasteiger partial charge in [0.1, 0.15) is 17.6 Å². The highest BCUT2D eigenvalue weighted by Gasteiger charge is 2.36. The van der Waals surface area contributed by atoms with Crippen LogP contribution < -0.4 is 0 Å². The molecule has 1 atom stereocenters. The molecule has 0 bridgehead atoms. The molecule has 3 aromatic heterocycles. The number of benzene rings is 1. The van der Waals surface area contributed by atoms with E-state index < -0.39 is 0 Å². The smallest absolute Gasteiger partial charge is 0.253 e. The number of carbonyl (C=O) groups excluding carboxylic acids is 1. The normalized spacial score (nSPS) is 17.8. The van der Waals surface area contributed by atoms with Gasteiger partial charge in [0.2, 0.25) is 0 Å². The van der Waals surface area contributed by atoms with Gasteiger partial charge in [-0.15, -0.1) is 21.5 Å². The summed E-state index contributed by atoms with van der Waals surface area (Å²) >= 11 is 3.06. The summed E-state index contributed by atoms with van der Waals surface area (Å²) in [6, 6.07) is 17.9. The zero-order chi connectivity index (χ0) is 22.9. The Morgan fingerprint density at radius 2 is 1.97 bits per heavy atom. The molecule has 172 valence electrons. The largest absolute Gasteiger partial charge is 0.467 e. The van der Waals surface area contributed by atoms with Crippen LogP contribution in [0.1, 0.15) is 53.2 Å². The molecule has 7 nitrogen and oxygen atoms in total. The molecule has 1 saturated carbocycles. The van der Waals surface area contributed by atoms with Gasteiger partial charge in [0.05, 0.1) is 29.1 Å². The van der Waals surface area contributed by atoms with Crippen LogP contribution in [-0.2, 0) is 11.3 Å². The summed E-state index contributed by atoms with van der Waals surface area (Å²) in [5, 5.41) is 18.0. The first-order valence-corrected chi connectivity index (χ1v) is 13.2. The number of carbonyl (C=O) groups is 1. The average molecular weight is 490 g/mol. The molecule has 0 radical (unpaired) electrons. The summed E-state index contributed by atoms with van der Waals surface area (Å²) in [5.74, 6) is 2.40. The number of thiophene rings is 1. The number of amides is 1. The molecule has 1 amide bonds. The number of rotatable bonds is 8. The van der Waals surface area contributed by atoms with Gasteiger partial charge in [0.15, 0.2) is 5.16 Å². The van der Waals surface area contributed by atoms with Gasteiger partial charge in [-0.05, 0) is 42.0 Å². The number of hydrogen-bond acceptors (Lipinski definition) is 7. The Morgan fingerprint density at radius 3 is 2.71 bits per heavy atom. The Labute approximate surface area is 205 Å². The van der Waals surface area contributed by atoms with Gasteiger partial charge in [-0.25, -0.2) is 5.01 Å². The van der Waals surface area contributed by atoms with Crippen molar-refractivity contribution >= 4 is 34.7 Å². The second-order valence-corrected chi connectivity index (χ2v) is 10.4. The van der Waals surface area contributed by atoms with Crippen LogP contribution in [0.4, 0.5) is 0 Å². The second-order valence-electron chi connectivity index (χ2n) is 8.47. The van der Waals surface area contributed by atoms with Gasteiger partial charge < -0.3 is 8.98 Å². The average Bonchev–Trinajstić information content (AvgIpc) is 3.35. The van der Waals surface area contributed by atoms with Crippen LogP contribution in [0.15, 0.2) is 80.9 Å². The number of hydrazone groups is 1. The molecule has 1 aliphatic heterocycles. The van der Waals surface area contributed by atoms with Gasteiger partial charge in [0.25, 0.3) is 5.91 Å². The zero-order valence-electron chi connectivity index (χ0n) is 18.4. The number of furan rings is 1. The Balaban J connectivity index is 1.22. The minimum absolute atomic E-state index is 0.0693. The molecule has 4 heterocycles. The molecule has 6 rings (SSSR count). The second kappa shape index (κ2) is 9.23. The SMILES string of the molecule is O=C(CSc1nnc(C2CC2)n1Cc1ccccc1)N1N=C(c2cccs2)CC1c1ccco1. The van der Waals surface area contributed by atoms with Gasteiger partial charge in [-0.2, -0.15) is 5.10 Å². The number of thioether (sulfide) groups is 1. The quantitative estimate of drug-likeness (QED) is 0.313. The lowest BCUT2D eigenvalue weighted by Gasteiger charge is -2.19. The van der Waals surface area contributed by atoms with Crippen molar-refractivity contribution in [2.75, 3.05) is 5.75 Å². The Hall–Kier alpha value is -3.17. The van der Waals surface area contributed by atoms with Crippen molar-refractivity contribution in [2.24, 2.45) is 5.10 Å². The van der Waals surface area contributed by atoms with E-state index in [1.807, 2.05) is 47.8 Å². The fraction of sp³-hybridized carbons (Fsp3) is 0.280. The lowest BCUT2D eigenvalue weighted by molar-refractivity contribution is -0.130. The maximum absolute atomic E-state index is 13.4. The van der Waals surface area contributed by atoms with Crippen LogP contribution >= 0.6 is 23.1 Å². The van der Waals surface area contributed by atoms with E-state index in [1.54, 1.807) is 22.6 Å². The fourth-order valence-electron chi connectivity index (χ4n) is 4.19. The molecule has 9 heteroatoms. The van der Waals surface area contributed by atoms with Crippen LogP contribution in [0.2, 0.25) is 0 Å². The first-order chi connectivity index (χ1) is 16.8. The highest BCUT2D eigenvalue weighted by atomic mass is 32.2. The molecular weight excluding hydrogens is 466 g/mol. The van der Waals surface area contributed by atoms with E-state index in [0.717, 1.165) is 40.2 Å². The molecule has 2 aliphatic rings. The first-order valence-electron chi connectivity index (χ1n) is 11.3. The van der Waals surface area contributed by atoms with E-state index in [2.05, 4.69) is 26.9 Å². The van der Waals surface area contributed by atoms with Crippen LogP contribution in [0.3, 0.4) is 0 Å². The molecule has 0 spiro atoms. The van der Waals surface area contributed by atoms with Crippen molar-refractivity contribution < 1.29 is 9.21 Å². The molecule has 4 aromatic rings. The molecule has 34 heavy (non-hydrogen) atoms. The van der Waals surface area contributed by atoms with Crippen molar-refractivity contribution in [3.05, 3.63) is 88.3 Å². The van der Waals surface area contributed by atoms with Crippen molar-refractivity contribution in [3.8, 4) is 0 Å². The van der Waals surface area contributed by atoms with Crippen molar-refractivity contribution in [2.45, 2.75) is 42.9 Å². The highest BCUT2D eigenvalue weighted by Crippen LogP contribution is 2.40. The van der Waals surface area contributed by atoms with E-state index >= 15 is 0 Å². The standard InChI is InChI=1S/C25H23N5O2S2/c31-23(30-20(21-8-4-12-32-21)14-19(28-30)22-9-5-13-33-22)16-34-25-27-26-24(18-10-11-18)29(25)15-17-6-2-1-3-7-17/h1-9,12-13,18,20H,10-11,14-16H2. The van der Waals surface area contributed by atoms with Gasteiger partial charge in [-0.3, -0.25) is 4.79 Å². The van der Waals surface area contributed by atoms with E-state index in [1.165, 1.54) is 17.3 Å². The molecule has 0 saturated heterocycles. The number of nitrogens with zero attached hydrogens (tertiary/aromatic N) is 5. The Kier molecular flexibility index (Phi) is 5.80. The van der Waals surface area contributed by atoms with Gasteiger partial charge >= 0.3 is 0 Å². The third-order valence-corrected chi connectivity index (χ3v) is 7.91. The van der Waals surface area contributed by atoms with Crippen molar-refractivity contribution in [1.29, 1.82) is 0 Å². The number of hydrogen-bond donors (Lipinski definition) is 0. The van der Waals surface area contributed by atoms with Crippen molar-refractivity contribution in [1.82, 2.24) is 19.8 Å². The summed E-state index contributed by atoms with van der Waals surface area (Å²) in [6.07, 6.45) is 4.58. The van der Waals surface area contributed by atoms with Crippen LogP contribution in [0.5, 0.6) is 0 Å². The minimum atomic E-state index is -0.232. The molecule has 1 unspecified atom stereocenters. The summed E-state index contributed by atoms with van der Waals surface area (Å²) < 4.78 is 7.82. The predicted octanol–water partition coefficient (Wildman–Crippen LogP) is 5.33. The number of aromatic nitrogens is 3. The summed E-state index contributed by atoms with van der Waals surface area (Å²) in [7, 11) is 0. The maximum atomic E-state index is 13.4. The van der Waals surface area contributed by atoms with E-state index in [9.17, 15) is 4.79 Å². The third-order valence-electron chi connectivity index (χ3n) is 6.04. The zero-order valence-corrected chi connectivity index (χ0v) is 20.0. The lowest BCUT2D eigenvalue weighted by atomic mass is 10.1. The van der Waals surface area contributed by atoms with E-state index in [0.29, 0.717) is 18.9 Å². The van der Waals surface area contributed by atoms with Crippen LogP contribution in [0.25, 0.3) is 0 Å². The molecular formula is C25H23N5O2S2. The fourth-order valence-corrected chi connectivity index (χ4v) is 5.71. The highest BCUT2D eigenvalue weighted by molar-refractivity contribution is 7.99. The van der Waals surface area contributed by atoms with Crippen LogP contribution in [-0.4, -0.2) is 37.1 Å². The maximum Gasteiger partial charge on any atom is 0.253 e. The van der Waals surface area contributed by atoms with E-state index in [-0.39, 0.29) is 17.7 Å². The first kappa shape index (κ1) is 21.4. The van der Waals surface area contributed by atoms with E-state index in [4.69, 9.17) is 9.52 Å². The Bertz CT molecular complexity index is 1290. The summed E-state index contributed by atoms with van der Waals surface area (Å²) in [6.45, 7) is 0.704. The topological polar surface area (TPSA) is 76.5 Å². The third kappa shape index (κ3) is 4.33. The molecule has 1 aliphatic carbocycles. The molecule has 1 aromatic carbocycles. The lowest BCUT2D eigenvalue weighted by Crippen LogP contribution is -2.28. The van der Waals surface area contributed by atoms with Crippen molar-refractivity contribution in [3.63, 3.8) is 0 Å². The predicted molar refractivity (Wildman–Crippen MR) is 132 cm³/mol. The molecule has 1 fully saturated rings. The van der Waals surface area contributed by atoms with Gasteiger partial charge in [-0.1, -0.05) is 48.2 Å². The van der Waals surface area contributed by atoms with Crippen LogP contribution in [0, 0.1) is 0 Å². The van der Waals surface area contributed by atoms with Gasteiger partial charge in [0, 0.05) is 12.3 Å². The molecule has 0 N–H and O–H groups in total. The summed E-state index contributed by atoms with van der Waals surface area (Å²) in [5.41, 5.74) is 2.11. The monoisotopic (exact) mass is 489 g/mol.